The third kappa shape index (κ3) is 2.72. The summed E-state index contributed by atoms with van der Waals surface area (Å²) >= 11 is 5.30. The number of aryl methyl sites for hydroxylation is 1. The van der Waals surface area contributed by atoms with Gasteiger partial charge >= 0.3 is 0 Å². The maximum absolute atomic E-state index is 4.50. The summed E-state index contributed by atoms with van der Waals surface area (Å²) in [6.45, 7) is 4.25. The van der Waals surface area contributed by atoms with Crippen LogP contribution in [0.1, 0.15) is 24.1 Å². The lowest BCUT2D eigenvalue weighted by atomic mass is 10.1. The van der Waals surface area contributed by atoms with Crippen molar-refractivity contribution in [3.05, 3.63) is 57.5 Å². The molecule has 1 N–H and O–H groups in total. The Balaban J connectivity index is 1.84. The van der Waals surface area contributed by atoms with Crippen LogP contribution in [0.25, 0.3) is 10.2 Å². The zero-order valence-electron chi connectivity index (χ0n) is 11.4. The lowest BCUT2D eigenvalue weighted by Crippen LogP contribution is -2.06. The van der Waals surface area contributed by atoms with E-state index < -0.39 is 0 Å². The molecule has 0 saturated carbocycles. The summed E-state index contributed by atoms with van der Waals surface area (Å²) < 4.78 is 2.36. The first-order chi connectivity index (χ1) is 9.63. The van der Waals surface area contributed by atoms with Crippen molar-refractivity contribution < 1.29 is 0 Å². The highest BCUT2D eigenvalue weighted by atomic mass is 79.9. The molecule has 0 fully saturated rings. The third-order valence-corrected chi connectivity index (χ3v) is 5.09. The number of pyridine rings is 1. The number of anilines is 1. The van der Waals surface area contributed by atoms with Crippen molar-refractivity contribution in [2.24, 2.45) is 0 Å². The second-order valence-electron chi connectivity index (χ2n) is 4.90. The Labute approximate surface area is 131 Å². The van der Waals surface area contributed by atoms with E-state index in [0.29, 0.717) is 0 Å². The van der Waals surface area contributed by atoms with Gasteiger partial charge in [-0.15, -0.1) is 11.3 Å². The summed E-state index contributed by atoms with van der Waals surface area (Å²) in [5, 5.41) is 5.60. The van der Waals surface area contributed by atoms with Crippen LogP contribution in [0.5, 0.6) is 0 Å². The first-order valence-corrected chi connectivity index (χ1v) is 8.16. The maximum atomic E-state index is 4.50. The van der Waals surface area contributed by atoms with Crippen molar-refractivity contribution in [3.63, 3.8) is 0 Å². The highest BCUT2D eigenvalue weighted by molar-refractivity contribution is 9.10. The second-order valence-corrected chi connectivity index (χ2v) is 6.70. The normalized spacial score (nSPS) is 12.6. The molecule has 102 valence electrons. The minimum absolute atomic E-state index is 0.226. The SMILES string of the molecule is Cc1ccc(NC(C)c2cnc3ccsc3c2)cc1Br. The summed E-state index contributed by atoms with van der Waals surface area (Å²) in [5.41, 5.74) is 4.63. The quantitative estimate of drug-likeness (QED) is 0.673. The van der Waals surface area contributed by atoms with Crippen molar-refractivity contribution >= 4 is 43.2 Å². The topological polar surface area (TPSA) is 24.9 Å². The van der Waals surface area contributed by atoms with Crippen LogP contribution in [-0.4, -0.2) is 4.98 Å². The number of benzene rings is 1. The lowest BCUT2D eigenvalue weighted by Gasteiger charge is -2.16. The van der Waals surface area contributed by atoms with Crippen LogP contribution in [0.4, 0.5) is 5.69 Å². The monoisotopic (exact) mass is 346 g/mol. The van der Waals surface area contributed by atoms with Crippen molar-refractivity contribution in [1.82, 2.24) is 4.98 Å². The van der Waals surface area contributed by atoms with Gasteiger partial charge in [0.15, 0.2) is 0 Å². The van der Waals surface area contributed by atoms with Gasteiger partial charge < -0.3 is 5.32 Å². The molecular weight excluding hydrogens is 332 g/mol. The second kappa shape index (κ2) is 5.54. The van der Waals surface area contributed by atoms with Crippen LogP contribution >= 0.6 is 27.3 Å². The number of rotatable bonds is 3. The number of nitrogens with zero attached hydrogens (tertiary/aromatic N) is 1. The minimum atomic E-state index is 0.226. The first-order valence-electron chi connectivity index (χ1n) is 6.49. The Bertz CT molecular complexity index is 751. The van der Waals surface area contributed by atoms with E-state index in [4.69, 9.17) is 0 Å². The van der Waals surface area contributed by atoms with E-state index in [-0.39, 0.29) is 6.04 Å². The molecule has 1 atom stereocenters. The summed E-state index contributed by atoms with van der Waals surface area (Å²) in [4.78, 5) is 4.50. The Morgan fingerprint density at radius 1 is 1.25 bits per heavy atom. The van der Waals surface area contributed by atoms with E-state index in [1.54, 1.807) is 11.3 Å². The summed E-state index contributed by atoms with van der Waals surface area (Å²) in [6.07, 6.45) is 1.95. The van der Waals surface area contributed by atoms with Crippen molar-refractivity contribution in [2.45, 2.75) is 19.9 Å². The molecule has 3 rings (SSSR count). The van der Waals surface area contributed by atoms with Gasteiger partial charge in [-0.05, 0) is 54.6 Å². The smallest absolute Gasteiger partial charge is 0.0809 e. The standard InChI is InChI=1S/C16H15BrN2S/c1-10-3-4-13(8-14(10)17)19-11(2)12-7-16-15(18-9-12)5-6-20-16/h3-9,11,19H,1-2H3. The largest absolute Gasteiger partial charge is 0.378 e. The average Bonchev–Trinajstić information content (AvgIpc) is 2.90. The minimum Gasteiger partial charge on any atom is -0.378 e. The third-order valence-electron chi connectivity index (χ3n) is 3.38. The van der Waals surface area contributed by atoms with Crippen LogP contribution in [-0.2, 0) is 0 Å². The number of aromatic nitrogens is 1. The molecule has 0 aliphatic heterocycles. The average molecular weight is 347 g/mol. The molecule has 0 bridgehead atoms. The predicted octanol–water partition coefficient (Wildman–Crippen LogP) is 5.54. The fourth-order valence-electron chi connectivity index (χ4n) is 2.11. The molecule has 20 heavy (non-hydrogen) atoms. The van der Waals surface area contributed by atoms with Crippen LogP contribution in [0, 0.1) is 6.92 Å². The molecule has 0 radical (unpaired) electrons. The van der Waals surface area contributed by atoms with Gasteiger partial charge in [-0.25, -0.2) is 0 Å². The Morgan fingerprint density at radius 3 is 2.90 bits per heavy atom. The zero-order valence-corrected chi connectivity index (χ0v) is 13.8. The molecule has 0 saturated heterocycles. The molecule has 0 amide bonds. The molecule has 0 spiro atoms. The number of hydrogen-bond donors (Lipinski definition) is 1. The van der Waals surface area contributed by atoms with E-state index in [2.05, 4.69) is 75.8 Å². The highest BCUT2D eigenvalue weighted by Crippen LogP contribution is 2.26. The van der Waals surface area contributed by atoms with Gasteiger partial charge in [0.1, 0.15) is 0 Å². The highest BCUT2D eigenvalue weighted by Gasteiger charge is 2.08. The van der Waals surface area contributed by atoms with Crippen LogP contribution < -0.4 is 5.32 Å². The van der Waals surface area contributed by atoms with Gasteiger partial charge in [0.05, 0.1) is 16.3 Å². The van der Waals surface area contributed by atoms with Gasteiger partial charge in [0, 0.05) is 16.4 Å². The van der Waals surface area contributed by atoms with Crippen LogP contribution in [0.3, 0.4) is 0 Å². The fraction of sp³-hybridized carbons (Fsp3) is 0.188. The van der Waals surface area contributed by atoms with E-state index in [0.717, 1.165) is 15.7 Å². The molecule has 0 aliphatic carbocycles. The number of nitrogens with one attached hydrogen (secondary N) is 1. The molecule has 3 aromatic rings. The molecule has 4 heteroatoms. The number of fused-ring (bicyclic) bond motifs is 1. The van der Waals surface area contributed by atoms with E-state index in [1.807, 2.05) is 6.20 Å². The number of hydrogen-bond acceptors (Lipinski definition) is 3. The summed E-state index contributed by atoms with van der Waals surface area (Å²) in [6, 6.07) is 10.8. The lowest BCUT2D eigenvalue weighted by molar-refractivity contribution is 0.880. The summed E-state index contributed by atoms with van der Waals surface area (Å²) in [5.74, 6) is 0. The van der Waals surface area contributed by atoms with Crippen LogP contribution in [0.15, 0.2) is 46.4 Å². The zero-order chi connectivity index (χ0) is 14.1. The van der Waals surface area contributed by atoms with E-state index in [9.17, 15) is 0 Å². The molecule has 2 aromatic heterocycles. The van der Waals surface area contributed by atoms with Gasteiger partial charge in [-0.2, -0.15) is 0 Å². The maximum Gasteiger partial charge on any atom is 0.0809 e. The van der Waals surface area contributed by atoms with Gasteiger partial charge in [0.2, 0.25) is 0 Å². The van der Waals surface area contributed by atoms with Gasteiger partial charge in [0.25, 0.3) is 0 Å². The molecule has 1 unspecified atom stereocenters. The van der Waals surface area contributed by atoms with Crippen molar-refractivity contribution in [3.8, 4) is 0 Å². The molecular formula is C16H15BrN2S. The molecule has 2 heterocycles. The Kier molecular flexibility index (Phi) is 3.76. The molecule has 2 nitrogen and oxygen atoms in total. The number of halogens is 1. The Hall–Kier alpha value is -1.39. The van der Waals surface area contributed by atoms with E-state index >= 15 is 0 Å². The predicted molar refractivity (Wildman–Crippen MR) is 90.5 cm³/mol. The van der Waals surface area contributed by atoms with Gasteiger partial charge in [-0.1, -0.05) is 22.0 Å². The van der Waals surface area contributed by atoms with Gasteiger partial charge in [-0.3, -0.25) is 4.98 Å². The van der Waals surface area contributed by atoms with Crippen molar-refractivity contribution in [2.75, 3.05) is 5.32 Å². The molecule has 0 aliphatic rings. The first kappa shape index (κ1) is 13.6. The van der Waals surface area contributed by atoms with E-state index in [1.165, 1.54) is 15.8 Å². The molecule has 1 aromatic carbocycles. The summed E-state index contributed by atoms with van der Waals surface area (Å²) in [7, 11) is 0. The van der Waals surface area contributed by atoms with Crippen molar-refractivity contribution in [1.29, 1.82) is 0 Å². The van der Waals surface area contributed by atoms with Crippen LogP contribution in [0.2, 0.25) is 0 Å². The Morgan fingerprint density at radius 2 is 2.10 bits per heavy atom. The number of thiophene rings is 1. The fourth-order valence-corrected chi connectivity index (χ4v) is 3.28.